The third-order valence-electron chi connectivity index (χ3n) is 4.68. The first-order valence-electron chi connectivity index (χ1n) is 9.05. The van der Waals surface area contributed by atoms with Crippen molar-refractivity contribution in [1.82, 2.24) is 5.43 Å². The minimum atomic E-state index is -0.466. The monoisotopic (exact) mass is 397 g/mol. The number of amides is 2. The molecule has 3 rings (SSSR count). The second-order valence-corrected chi connectivity index (χ2v) is 6.45. The largest absolute Gasteiger partial charge is 0.497 e. The summed E-state index contributed by atoms with van der Waals surface area (Å²) < 4.78 is 15.6. The minimum absolute atomic E-state index is 0.0980. The summed E-state index contributed by atoms with van der Waals surface area (Å²) in [5, 5.41) is 4.00. The first-order chi connectivity index (χ1) is 14.0. The molecule has 0 bridgehead atoms. The zero-order valence-corrected chi connectivity index (χ0v) is 16.5. The number of carbonyl (C=O) groups is 2. The van der Waals surface area contributed by atoms with E-state index >= 15 is 0 Å². The lowest BCUT2D eigenvalue weighted by atomic mass is 10.1. The number of benzene rings is 2. The van der Waals surface area contributed by atoms with E-state index in [1.807, 2.05) is 0 Å². The molecular formula is C21H23N3O5. The number of hydrogen-bond donors (Lipinski definition) is 1. The number of methoxy groups -OCH3 is 3. The molecule has 0 spiro atoms. The Morgan fingerprint density at radius 1 is 1.07 bits per heavy atom. The van der Waals surface area contributed by atoms with Crippen LogP contribution in [0.5, 0.6) is 17.2 Å². The van der Waals surface area contributed by atoms with Crippen molar-refractivity contribution < 1.29 is 23.8 Å². The molecule has 2 aromatic carbocycles. The van der Waals surface area contributed by atoms with Gasteiger partial charge >= 0.3 is 0 Å². The molecule has 8 nitrogen and oxygen atoms in total. The maximum Gasteiger partial charge on any atom is 0.245 e. The van der Waals surface area contributed by atoms with Crippen molar-refractivity contribution in [1.29, 1.82) is 0 Å². The van der Waals surface area contributed by atoms with Crippen LogP contribution in [-0.4, -0.2) is 45.9 Å². The summed E-state index contributed by atoms with van der Waals surface area (Å²) in [6, 6.07) is 12.5. The molecule has 0 aromatic heterocycles. The van der Waals surface area contributed by atoms with Crippen LogP contribution in [0.25, 0.3) is 0 Å². The lowest BCUT2D eigenvalue weighted by Crippen LogP contribution is -2.30. The van der Waals surface area contributed by atoms with Crippen LogP contribution in [0.3, 0.4) is 0 Å². The molecule has 0 radical (unpaired) electrons. The van der Waals surface area contributed by atoms with Crippen LogP contribution in [0.15, 0.2) is 47.6 Å². The van der Waals surface area contributed by atoms with Gasteiger partial charge < -0.3 is 19.1 Å². The fourth-order valence-electron chi connectivity index (χ4n) is 3.09. The molecule has 29 heavy (non-hydrogen) atoms. The standard InChI is InChI=1S/C21H23N3O5/c1-27-17-7-5-16(6-8-17)24-13-15(11-20(24)25)21(26)23-22-12-14-4-9-18(28-2)19(10-14)29-3/h4-10,12,15H,11,13H2,1-3H3,(H,23,26)/b22-12-/t15-/m1/s1. The first-order valence-corrected chi connectivity index (χ1v) is 9.05. The molecule has 1 saturated heterocycles. The maximum absolute atomic E-state index is 12.4. The van der Waals surface area contributed by atoms with E-state index in [1.54, 1.807) is 68.7 Å². The molecule has 2 aromatic rings. The normalized spacial score (nSPS) is 16.2. The average molecular weight is 397 g/mol. The van der Waals surface area contributed by atoms with E-state index in [0.29, 0.717) is 23.8 Å². The highest BCUT2D eigenvalue weighted by Crippen LogP contribution is 2.28. The Balaban J connectivity index is 1.59. The highest BCUT2D eigenvalue weighted by atomic mass is 16.5. The van der Waals surface area contributed by atoms with Crippen LogP contribution < -0.4 is 24.5 Å². The molecule has 2 amide bonds. The SMILES string of the molecule is COc1ccc(N2C[C@H](C(=O)N/N=C\c3ccc(OC)c(OC)c3)CC2=O)cc1. The smallest absolute Gasteiger partial charge is 0.245 e. The van der Waals surface area contributed by atoms with Gasteiger partial charge in [0.25, 0.3) is 0 Å². The molecule has 1 fully saturated rings. The van der Waals surface area contributed by atoms with E-state index < -0.39 is 5.92 Å². The average Bonchev–Trinajstić information content (AvgIpc) is 3.15. The Bertz CT molecular complexity index is 911. The van der Waals surface area contributed by atoms with E-state index in [0.717, 1.165) is 11.3 Å². The van der Waals surface area contributed by atoms with Crippen molar-refractivity contribution in [2.75, 3.05) is 32.8 Å². The summed E-state index contributed by atoms with van der Waals surface area (Å²) in [5.41, 5.74) is 3.99. The lowest BCUT2D eigenvalue weighted by molar-refractivity contribution is -0.126. The fraction of sp³-hybridized carbons (Fsp3) is 0.286. The summed E-state index contributed by atoms with van der Waals surface area (Å²) >= 11 is 0. The molecule has 0 aliphatic carbocycles. The van der Waals surface area contributed by atoms with Crippen LogP contribution in [-0.2, 0) is 9.59 Å². The zero-order chi connectivity index (χ0) is 20.8. The molecule has 1 N–H and O–H groups in total. The van der Waals surface area contributed by atoms with E-state index in [9.17, 15) is 9.59 Å². The molecule has 1 heterocycles. The molecule has 0 saturated carbocycles. The Morgan fingerprint density at radius 2 is 1.79 bits per heavy atom. The van der Waals surface area contributed by atoms with E-state index in [1.165, 1.54) is 6.21 Å². The summed E-state index contributed by atoms with van der Waals surface area (Å²) in [4.78, 5) is 26.3. The quantitative estimate of drug-likeness (QED) is 0.572. The number of rotatable bonds is 7. The molecule has 0 unspecified atom stereocenters. The van der Waals surface area contributed by atoms with Gasteiger partial charge in [0.2, 0.25) is 11.8 Å². The number of nitrogens with zero attached hydrogens (tertiary/aromatic N) is 2. The third-order valence-corrected chi connectivity index (χ3v) is 4.68. The van der Waals surface area contributed by atoms with Crippen LogP contribution in [0, 0.1) is 5.92 Å². The molecule has 8 heteroatoms. The van der Waals surface area contributed by atoms with Crippen LogP contribution in [0.1, 0.15) is 12.0 Å². The molecule has 152 valence electrons. The summed E-state index contributed by atoms with van der Waals surface area (Å²) in [7, 11) is 4.69. The van der Waals surface area contributed by atoms with Gasteiger partial charge in [0.15, 0.2) is 11.5 Å². The molecule has 1 atom stereocenters. The van der Waals surface area contributed by atoms with Gasteiger partial charge in [-0.25, -0.2) is 5.43 Å². The summed E-state index contributed by atoms with van der Waals surface area (Å²) in [6.45, 7) is 0.308. The van der Waals surface area contributed by atoms with Crippen molar-refractivity contribution in [3.05, 3.63) is 48.0 Å². The van der Waals surface area contributed by atoms with E-state index in [4.69, 9.17) is 14.2 Å². The predicted octanol–water partition coefficient (Wildman–Crippen LogP) is 2.22. The minimum Gasteiger partial charge on any atom is -0.497 e. The third kappa shape index (κ3) is 4.66. The van der Waals surface area contributed by atoms with Gasteiger partial charge in [-0.2, -0.15) is 5.10 Å². The molecule has 1 aliphatic rings. The zero-order valence-electron chi connectivity index (χ0n) is 16.5. The highest BCUT2D eigenvalue weighted by Gasteiger charge is 2.35. The Hall–Kier alpha value is -3.55. The Kier molecular flexibility index (Phi) is 6.33. The number of hydrogen-bond acceptors (Lipinski definition) is 6. The second kappa shape index (κ2) is 9.09. The lowest BCUT2D eigenvalue weighted by Gasteiger charge is -2.16. The predicted molar refractivity (Wildman–Crippen MR) is 109 cm³/mol. The van der Waals surface area contributed by atoms with Gasteiger partial charge in [-0.1, -0.05) is 0 Å². The van der Waals surface area contributed by atoms with E-state index in [2.05, 4.69) is 10.5 Å². The first kappa shape index (κ1) is 20.2. The van der Waals surface area contributed by atoms with Crippen molar-refractivity contribution in [2.45, 2.75) is 6.42 Å². The van der Waals surface area contributed by atoms with Crippen molar-refractivity contribution in [2.24, 2.45) is 11.0 Å². The fourth-order valence-corrected chi connectivity index (χ4v) is 3.09. The van der Waals surface area contributed by atoms with E-state index in [-0.39, 0.29) is 18.2 Å². The summed E-state index contributed by atoms with van der Waals surface area (Å²) in [5.74, 6) is 1.02. The maximum atomic E-state index is 12.4. The van der Waals surface area contributed by atoms with Crippen molar-refractivity contribution >= 4 is 23.7 Å². The van der Waals surface area contributed by atoms with Crippen LogP contribution in [0.2, 0.25) is 0 Å². The highest BCUT2D eigenvalue weighted by molar-refractivity contribution is 6.00. The van der Waals surface area contributed by atoms with Crippen molar-refractivity contribution in [3.8, 4) is 17.2 Å². The van der Waals surface area contributed by atoms with Gasteiger partial charge in [0.05, 0.1) is 33.5 Å². The molecular weight excluding hydrogens is 374 g/mol. The Morgan fingerprint density at radius 3 is 2.45 bits per heavy atom. The van der Waals surface area contributed by atoms with Gasteiger partial charge in [0, 0.05) is 18.7 Å². The number of hydrazone groups is 1. The topological polar surface area (TPSA) is 89.5 Å². The Labute approximate surface area is 169 Å². The van der Waals surface area contributed by atoms with Crippen LogP contribution in [0.4, 0.5) is 5.69 Å². The number of anilines is 1. The number of nitrogens with one attached hydrogen (secondary N) is 1. The number of ether oxygens (including phenoxy) is 3. The van der Waals surface area contributed by atoms with Crippen molar-refractivity contribution in [3.63, 3.8) is 0 Å². The molecule has 1 aliphatic heterocycles. The van der Waals surface area contributed by atoms with Gasteiger partial charge in [-0.3, -0.25) is 9.59 Å². The number of carbonyl (C=O) groups excluding carboxylic acids is 2. The van der Waals surface area contributed by atoms with Gasteiger partial charge in [-0.05, 0) is 48.0 Å². The summed E-state index contributed by atoms with van der Waals surface area (Å²) in [6.07, 6.45) is 1.65. The van der Waals surface area contributed by atoms with Gasteiger partial charge in [0.1, 0.15) is 5.75 Å². The van der Waals surface area contributed by atoms with Gasteiger partial charge in [-0.15, -0.1) is 0 Å². The second-order valence-electron chi connectivity index (χ2n) is 6.45. The van der Waals surface area contributed by atoms with Crippen LogP contribution >= 0.6 is 0 Å².